The van der Waals surface area contributed by atoms with Crippen LogP contribution in [0.2, 0.25) is 0 Å². The van der Waals surface area contributed by atoms with Gasteiger partial charge in [0.05, 0.1) is 6.10 Å². The lowest BCUT2D eigenvalue weighted by Crippen LogP contribution is -2.48. The van der Waals surface area contributed by atoms with E-state index >= 15 is 0 Å². The van der Waals surface area contributed by atoms with Crippen LogP contribution in [0.25, 0.3) is 10.9 Å². The Labute approximate surface area is 119 Å². The van der Waals surface area contributed by atoms with Gasteiger partial charge in [-0.25, -0.2) is 4.79 Å². The molecular formula is C14H14N2O5. The molecule has 1 amide bonds. The molecule has 2 atom stereocenters. The summed E-state index contributed by atoms with van der Waals surface area (Å²) in [6.45, 7) is 1.24. The first-order valence-electron chi connectivity index (χ1n) is 6.24. The molecule has 2 unspecified atom stereocenters. The molecule has 0 spiro atoms. The molecule has 0 aliphatic carbocycles. The monoisotopic (exact) mass is 290 g/mol. The van der Waals surface area contributed by atoms with Gasteiger partial charge in [0.25, 0.3) is 5.91 Å². The second-order valence-electron chi connectivity index (χ2n) is 4.61. The van der Waals surface area contributed by atoms with Crippen LogP contribution in [0, 0.1) is 0 Å². The third-order valence-corrected chi connectivity index (χ3v) is 3.07. The maximum absolute atomic E-state index is 12.2. The first-order valence-corrected chi connectivity index (χ1v) is 6.24. The lowest BCUT2D eigenvalue weighted by atomic mass is 10.1. The number of hydrogen-bond donors (Lipinski definition) is 4. The first-order chi connectivity index (χ1) is 9.91. The van der Waals surface area contributed by atoms with Crippen molar-refractivity contribution in [1.29, 1.82) is 0 Å². The quantitative estimate of drug-likeness (QED) is 0.636. The van der Waals surface area contributed by atoms with Gasteiger partial charge in [-0.3, -0.25) is 9.59 Å². The van der Waals surface area contributed by atoms with Gasteiger partial charge in [-0.1, -0.05) is 12.1 Å². The summed E-state index contributed by atoms with van der Waals surface area (Å²) in [6, 6.07) is 5.17. The number of amides is 1. The largest absolute Gasteiger partial charge is 0.480 e. The van der Waals surface area contributed by atoms with Crippen molar-refractivity contribution in [3.8, 4) is 0 Å². The van der Waals surface area contributed by atoms with Crippen molar-refractivity contribution in [3.63, 3.8) is 0 Å². The van der Waals surface area contributed by atoms with Crippen LogP contribution in [-0.4, -0.2) is 39.2 Å². The normalized spacial score (nSPS) is 13.6. The van der Waals surface area contributed by atoms with E-state index in [9.17, 15) is 19.5 Å². The Balaban J connectivity index is 2.38. The highest BCUT2D eigenvalue weighted by molar-refractivity contribution is 5.99. The number of carboxylic acids is 1. The molecule has 7 nitrogen and oxygen atoms in total. The number of nitrogens with one attached hydrogen (secondary N) is 2. The summed E-state index contributed by atoms with van der Waals surface area (Å²) in [6.07, 6.45) is -0.0630. The number of H-pyrrole nitrogens is 1. The van der Waals surface area contributed by atoms with E-state index in [2.05, 4.69) is 10.3 Å². The standard InChI is InChI=1S/C14H14N2O5/c1-7(17)11(14(20)21)16-13(19)9-6-15-10-5-3-2-4-8(10)12(9)18/h2-7,11,17H,1H3,(H,15,18)(H,16,19)(H,20,21). The predicted octanol–water partition coefficient (Wildman–Crippen LogP) is 0.0919. The molecule has 4 N–H and O–H groups in total. The van der Waals surface area contributed by atoms with Crippen molar-refractivity contribution < 1.29 is 19.8 Å². The fraction of sp³-hybridized carbons (Fsp3) is 0.214. The van der Waals surface area contributed by atoms with Gasteiger partial charge in [0.2, 0.25) is 5.43 Å². The molecule has 1 aromatic carbocycles. The molecule has 0 bridgehead atoms. The number of aromatic nitrogens is 1. The number of pyridine rings is 1. The van der Waals surface area contributed by atoms with Crippen molar-refractivity contribution in [2.45, 2.75) is 19.1 Å². The molecule has 21 heavy (non-hydrogen) atoms. The summed E-state index contributed by atoms with van der Waals surface area (Å²) in [5.41, 5.74) is -0.137. The van der Waals surface area contributed by atoms with Crippen LogP contribution < -0.4 is 10.7 Å². The number of para-hydroxylation sites is 1. The highest BCUT2D eigenvalue weighted by Crippen LogP contribution is 2.07. The molecular weight excluding hydrogens is 276 g/mol. The molecule has 0 radical (unpaired) electrons. The maximum atomic E-state index is 12.2. The van der Waals surface area contributed by atoms with Gasteiger partial charge < -0.3 is 20.5 Å². The Morgan fingerprint density at radius 1 is 1.29 bits per heavy atom. The molecule has 2 rings (SSSR count). The van der Waals surface area contributed by atoms with E-state index in [0.29, 0.717) is 10.9 Å². The summed E-state index contributed by atoms with van der Waals surface area (Å²) in [5.74, 6) is -2.23. The molecule has 0 aliphatic heterocycles. The second kappa shape index (κ2) is 5.76. The van der Waals surface area contributed by atoms with Gasteiger partial charge in [0.1, 0.15) is 5.56 Å². The second-order valence-corrected chi connectivity index (χ2v) is 4.61. The number of aliphatic hydroxyl groups is 1. The van der Waals surface area contributed by atoms with Crippen LogP contribution in [-0.2, 0) is 4.79 Å². The van der Waals surface area contributed by atoms with E-state index in [0.717, 1.165) is 0 Å². The minimum atomic E-state index is -1.48. The van der Waals surface area contributed by atoms with Gasteiger partial charge in [0, 0.05) is 17.1 Å². The highest BCUT2D eigenvalue weighted by atomic mass is 16.4. The van der Waals surface area contributed by atoms with Gasteiger partial charge in [-0.2, -0.15) is 0 Å². The zero-order valence-electron chi connectivity index (χ0n) is 11.2. The summed E-state index contributed by atoms with van der Waals surface area (Å²) in [7, 11) is 0. The van der Waals surface area contributed by atoms with Crippen molar-refractivity contribution >= 4 is 22.8 Å². The van der Waals surface area contributed by atoms with Gasteiger partial charge in [-0.05, 0) is 19.1 Å². The SMILES string of the molecule is CC(O)C(NC(=O)c1c[nH]c2ccccc2c1=O)C(=O)O. The number of aliphatic hydroxyl groups excluding tert-OH is 1. The fourth-order valence-corrected chi connectivity index (χ4v) is 1.94. The van der Waals surface area contributed by atoms with Crippen LogP contribution >= 0.6 is 0 Å². The van der Waals surface area contributed by atoms with Gasteiger partial charge in [0.15, 0.2) is 6.04 Å². The summed E-state index contributed by atoms with van der Waals surface area (Å²) >= 11 is 0. The molecule has 0 aliphatic rings. The van der Waals surface area contributed by atoms with Crippen molar-refractivity contribution in [3.05, 3.63) is 46.2 Å². The molecule has 2 aromatic rings. The van der Waals surface area contributed by atoms with Crippen molar-refractivity contribution in [2.24, 2.45) is 0 Å². The number of aromatic amines is 1. The van der Waals surface area contributed by atoms with Crippen LogP contribution in [0.5, 0.6) is 0 Å². The van der Waals surface area contributed by atoms with Gasteiger partial charge in [-0.15, -0.1) is 0 Å². The number of carbonyl (C=O) groups excluding carboxylic acids is 1. The highest BCUT2D eigenvalue weighted by Gasteiger charge is 2.26. The Morgan fingerprint density at radius 3 is 2.57 bits per heavy atom. The molecule has 0 saturated heterocycles. The van der Waals surface area contributed by atoms with E-state index in [1.807, 2.05) is 0 Å². The number of carboxylic acid groups (broad SMARTS) is 1. The van der Waals surface area contributed by atoms with Crippen LogP contribution in [0.15, 0.2) is 35.3 Å². The Hall–Kier alpha value is -2.67. The maximum Gasteiger partial charge on any atom is 0.328 e. The summed E-state index contributed by atoms with van der Waals surface area (Å²) < 4.78 is 0. The Kier molecular flexibility index (Phi) is 4.04. The zero-order valence-corrected chi connectivity index (χ0v) is 11.2. The average molecular weight is 290 g/mol. The minimum Gasteiger partial charge on any atom is -0.480 e. The lowest BCUT2D eigenvalue weighted by Gasteiger charge is -2.16. The van der Waals surface area contributed by atoms with E-state index in [-0.39, 0.29) is 5.56 Å². The zero-order chi connectivity index (χ0) is 15.6. The van der Waals surface area contributed by atoms with E-state index in [4.69, 9.17) is 5.11 Å². The number of aliphatic carboxylic acids is 1. The Morgan fingerprint density at radius 2 is 1.95 bits per heavy atom. The molecule has 7 heteroatoms. The number of benzene rings is 1. The van der Waals surface area contributed by atoms with E-state index < -0.39 is 29.5 Å². The smallest absolute Gasteiger partial charge is 0.328 e. The molecule has 1 aromatic heterocycles. The molecule has 0 fully saturated rings. The number of fused-ring (bicyclic) bond motifs is 1. The van der Waals surface area contributed by atoms with Crippen LogP contribution in [0.4, 0.5) is 0 Å². The predicted molar refractivity (Wildman–Crippen MR) is 75.1 cm³/mol. The lowest BCUT2D eigenvalue weighted by molar-refractivity contribution is -0.141. The third kappa shape index (κ3) is 2.92. The van der Waals surface area contributed by atoms with Crippen LogP contribution in [0.3, 0.4) is 0 Å². The summed E-state index contributed by atoms with van der Waals surface area (Å²) in [5, 5.41) is 20.7. The minimum absolute atomic E-state index is 0.208. The molecule has 0 saturated carbocycles. The van der Waals surface area contributed by atoms with E-state index in [1.165, 1.54) is 13.1 Å². The van der Waals surface area contributed by atoms with Crippen molar-refractivity contribution in [1.82, 2.24) is 10.3 Å². The van der Waals surface area contributed by atoms with Crippen LogP contribution in [0.1, 0.15) is 17.3 Å². The molecule has 110 valence electrons. The van der Waals surface area contributed by atoms with Gasteiger partial charge >= 0.3 is 5.97 Å². The fourth-order valence-electron chi connectivity index (χ4n) is 1.94. The van der Waals surface area contributed by atoms with Crippen molar-refractivity contribution in [2.75, 3.05) is 0 Å². The number of rotatable bonds is 4. The first kappa shape index (κ1) is 14.7. The number of carbonyl (C=O) groups is 2. The Bertz CT molecular complexity index is 750. The molecule has 1 heterocycles. The average Bonchev–Trinajstić information content (AvgIpc) is 2.44. The summed E-state index contributed by atoms with van der Waals surface area (Å²) in [4.78, 5) is 38.0. The van der Waals surface area contributed by atoms with E-state index in [1.54, 1.807) is 24.3 Å². The topological polar surface area (TPSA) is 119 Å². The number of hydrogen-bond acceptors (Lipinski definition) is 4. The third-order valence-electron chi connectivity index (χ3n) is 3.07.